The number of hydrogen-bond acceptors (Lipinski definition) is 3. The van der Waals surface area contributed by atoms with Gasteiger partial charge >= 0.3 is 12.0 Å². The predicted molar refractivity (Wildman–Crippen MR) is 75.4 cm³/mol. The van der Waals surface area contributed by atoms with Crippen LogP contribution >= 0.6 is 0 Å². The van der Waals surface area contributed by atoms with Crippen molar-refractivity contribution in [1.29, 1.82) is 0 Å². The number of aliphatic carboxylic acids is 1. The highest BCUT2D eigenvalue weighted by molar-refractivity contribution is 5.82. The minimum absolute atomic E-state index is 0.537. The number of urea groups is 1. The molecule has 0 aliphatic heterocycles. The Morgan fingerprint density at radius 2 is 2.05 bits per heavy atom. The topological polar surface area (TPSA) is 98.7 Å². The lowest BCUT2D eigenvalue weighted by Crippen LogP contribution is -2.51. The fourth-order valence-electron chi connectivity index (χ4n) is 2.79. The smallest absolute Gasteiger partial charge is 0.328 e. The maximum Gasteiger partial charge on any atom is 0.328 e. The van der Waals surface area contributed by atoms with Crippen molar-refractivity contribution in [1.82, 2.24) is 10.6 Å². The first-order valence-corrected chi connectivity index (χ1v) is 7.35. The number of aliphatic hydroxyl groups is 1. The van der Waals surface area contributed by atoms with Crippen LogP contribution in [-0.4, -0.2) is 40.9 Å². The van der Waals surface area contributed by atoms with Crippen molar-refractivity contribution < 1.29 is 19.8 Å². The Kier molecular flexibility index (Phi) is 6.78. The van der Waals surface area contributed by atoms with Crippen molar-refractivity contribution in [2.75, 3.05) is 6.54 Å². The largest absolute Gasteiger partial charge is 0.480 e. The van der Waals surface area contributed by atoms with E-state index in [1.165, 1.54) is 32.6 Å². The van der Waals surface area contributed by atoms with Crippen LogP contribution in [0.4, 0.5) is 4.79 Å². The monoisotopic (exact) mass is 286 g/mol. The minimum atomic E-state index is -1.27. The van der Waals surface area contributed by atoms with E-state index in [1.54, 1.807) is 0 Å². The average Bonchev–Trinajstić information content (AvgIpc) is 2.35. The number of carboxylic acids is 1. The van der Waals surface area contributed by atoms with Crippen LogP contribution in [0, 0.1) is 11.8 Å². The molecule has 0 saturated heterocycles. The highest BCUT2D eigenvalue weighted by atomic mass is 16.4. The third-order valence-corrected chi connectivity index (χ3v) is 3.92. The predicted octanol–water partition coefficient (Wildman–Crippen LogP) is 1.34. The SMILES string of the molecule is CC1CCCC(CCNC(=O)NC(C(=O)O)C(C)O)C1. The highest BCUT2D eigenvalue weighted by Crippen LogP contribution is 2.30. The average molecular weight is 286 g/mol. The third kappa shape index (κ3) is 5.77. The number of hydrogen-bond donors (Lipinski definition) is 4. The molecule has 1 fully saturated rings. The van der Waals surface area contributed by atoms with Crippen LogP contribution in [0.1, 0.15) is 46.0 Å². The summed E-state index contributed by atoms with van der Waals surface area (Å²) in [6, 6.07) is -1.81. The van der Waals surface area contributed by atoms with Crippen LogP contribution < -0.4 is 10.6 Å². The number of rotatable bonds is 6. The van der Waals surface area contributed by atoms with Crippen LogP contribution in [0.15, 0.2) is 0 Å². The molecule has 1 saturated carbocycles. The van der Waals surface area contributed by atoms with Crippen LogP contribution in [0.3, 0.4) is 0 Å². The zero-order chi connectivity index (χ0) is 15.1. The number of aliphatic hydroxyl groups excluding tert-OH is 1. The summed E-state index contributed by atoms with van der Waals surface area (Å²) in [5.74, 6) is 0.163. The third-order valence-electron chi connectivity index (χ3n) is 3.92. The van der Waals surface area contributed by atoms with E-state index in [-0.39, 0.29) is 0 Å². The lowest BCUT2D eigenvalue weighted by Gasteiger charge is -2.26. The van der Waals surface area contributed by atoms with Gasteiger partial charge in [-0.05, 0) is 31.6 Å². The van der Waals surface area contributed by atoms with Gasteiger partial charge in [-0.2, -0.15) is 0 Å². The molecule has 4 unspecified atom stereocenters. The molecule has 0 aromatic heterocycles. The van der Waals surface area contributed by atoms with E-state index < -0.39 is 24.1 Å². The van der Waals surface area contributed by atoms with Crippen molar-refractivity contribution >= 4 is 12.0 Å². The molecular formula is C14H26N2O4. The van der Waals surface area contributed by atoms with E-state index in [0.717, 1.165) is 12.3 Å². The summed E-state index contributed by atoms with van der Waals surface area (Å²) in [4.78, 5) is 22.4. The second kappa shape index (κ2) is 8.09. The van der Waals surface area contributed by atoms with Gasteiger partial charge in [0.05, 0.1) is 6.10 Å². The van der Waals surface area contributed by atoms with E-state index in [1.807, 2.05) is 0 Å². The van der Waals surface area contributed by atoms with Crippen molar-refractivity contribution in [2.45, 2.75) is 58.1 Å². The van der Waals surface area contributed by atoms with Crippen LogP contribution in [0.25, 0.3) is 0 Å². The number of carbonyl (C=O) groups is 2. The van der Waals surface area contributed by atoms with Crippen molar-refractivity contribution in [2.24, 2.45) is 11.8 Å². The highest BCUT2D eigenvalue weighted by Gasteiger charge is 2.25. The van der Waals surface area contributed by atoms with E-state index in [2.05, 4.69) is 17.6 Å². The maximum absolute atomic E-state index is 11.6. The molecule has 2 amide bonds. The first-order valence-electron chi connectivity index (χ1n) is 7.35. The number of nitrogens with one attached hydrogen (secondary N) is 2. The van der Waals surface area contributed by atoms with E-state index in [4.69, 9.17) is 5.11 Å². The second-order valence-electron chi connectivity index (χ2n) is 5.88. The Morgan fingerprint density at radius 3 is 2.60 bits per heavy atom. The molecule has 0 spiro atoms. The molecule has 0 aromatic rings. The molecule has 0 radical (unpaired) electrons. The van der Waals surface area contributed by atoms with Gasteiger partial charge in [0, 0.05) is 6.54 Å². The molecule has 6 heteroatoms. The van der Waals surface area contributed by atoms with Gasteiger partial charge in [-0.15, -0.1) is 0 Å². The molecule has 4 atom stereocenters. The molecule has 1 aliphatic rings. The molecule has 1 aliphatic carbocycles. The standard InChI is InChI=1S/C14H26N2O4/c1-9-4-3-5-11(8-9)6-7-15-14(20)16-12(10(2)17)13(18)19/h9-12,17H,3-8H2,1-2H3,(H,18,19)(H2,15,16,20). The number of amides is 2. The van der Waals surface area contributed by atoms with Gasteiger partial charge in [0.25, 0.3) is 0 Å². The Balaban J connectivity index is 2.24. The summed E-state index contributed by atoms with van der Waals surface area (Å²) in [5.41, 5.74) is 0. The summed E-state index contributed by atoms with van der Waals surface area (Å²) < 4.78 is 0. The molecule has 1 rings (SSSR count). The summed E-state index contributed by atoms with van der Waals surface area (Å²) in [5, 5.41) is 23.0. The van der Waals surface area contributed by atoms with E-state index in [9.17, 15) is 14.7 Å². The Labute approximate surface area is 119 Å². The molecule has 0 heterocycles. The fraction of sp³-hybridized carbons (Fsp3) is 0.857. The molecule has 0 bridgehead atoms. The molecule has 0 aromatic carbocycles. The molecule has 6 nitrogen and oxygen atoms in total. The summed E-state index contributed by atoms with van der Waals surface area (Å²) in [6.45, 7) is 4.13. The summed E-state index contributed by atoms with van der Waals surface area (Å²) >= 11 is 0. The first kappa shape index (κ1) is 16.8. The van der Waals surface area contributed by atoms with Gasteiger partial charge < -0.3 is 20.8 Å². The van der Waals surface area contributed by atoms with Crippen LogP contribution in [0.2, 0.25) is 0 Å². The van der Waals surface area contributed by atoms with Crippen molar-refractivity contribution in [3.05, 3.63) is 0 Å². The fourth-order valence-corrected chi connectivity index (χ4v) is 2.79. The molecule has 116 valence electrons. The Hall–Kier alpha value is -1.30. The minimum Gasteiger partial charge on any atom is -0.480 e. The van der Waals surface area contributed by atoms with Gasteiger partial charge in [0.15, 0.2) is 6.04 Å². The van der Waals surface area contributed by atoms with Gasteiger partial charge in [0.2, 0.25) is 0 Å². The maximum atomic E-state index is 11.6. The Morgan fingerprint density at radius 1 is 1.35 bits per heavy atom. The van der Waals surface area contributed by atoms with Crippen LogP contribution in [-0.2, 0) is 4.79 Å². The zero-order valence-electron chi connectivity index (χ0n) is 12.3. The van der Waals surface area contributed by atoms with Crippen LogP contribution in [0.5, 0.6) is 0 Å². The molecular weight excluding hydrogens is 260 g/mol. The van der Waals surface area contributed by atoms with Gasteiger partial charge in [0.1, 0.15) is 0 Å². The lowest BCUT2D eigenvalue weighted by molar-refractivity contribution is -0.141. The van der Waals surface area contributed by atoms with Gasteiger partial charge in [-0.1, -0.05) is 26.2 Å². The van der Waals surface area contributed by atoms with Gasteiger partial charge in [-0.25, -0.2) is 9.59 Å². The summed E-state index contributed by atoms with van der Waals surface area (Å²) in [6.07, 6.45) is 4.75. The first-order chi connectivity index (χ1) is 9.40. The second-order valence-corrected chi connectivity index (χ2v) is 5.88. The number of carboxylic acid groups (broad SMARTS) is 1. The van der Waals surface area contributed by atoms with Crippen molar-refractivity contribution in [3.63, 3.8) is 0 Å². The molecule has 20 heavy (non-hydrogen) atoms. The lowest BCUT2D eigenvalue weighted by atomic mass is 9.81. The Bertz CT molecular complexity index is 333. The molecule has 4 N–H and O–H groups in total. The summed E-state index contributed by atoms with van der Waals surface area (Å²) in [7, 11) is 0. The number of carbonyl (C=O) groups excluding carboxylic acids is 1. The quantitative estimate of drug-likeness (QED) is 0.592. The van der Waals surface area contributed by atoms with Gasteiger partial charge in [-0.3, -0.25) is 0 Å². The zero-order valence-corrected chi connectivity index (χ0v) is 12.3. The van der Waals surface area contributed by atoms with E-state index in [0.29, 0.717) is 12.5 Å². The van der Waals surface area contributed by atoms with Crippen molar-refractivity contribution in [3.8, 4) is 0 Å². The van der Waals surface area contributed by atoms with E-state index >= 15 is 0 Å². The normalized spacial score (nSPS) is 25.6.